The third-order valence-corrected chi connectivity index (χ3v) is 8.79. The number of aryl methyl sites for hydroxylation is 4. The van der Waals surface area contributed by atoms with E-state index in [0.717, 1.165) is 11.1 Å². The summed E-state index contributed by atoms with van der Waals surface area (Å²) in [6, 6.07) is 13.0. The zero-order chi connectivity index (χ0) is 29.9. The maximum atomic E-state index is 13.4. The SMILES string of the molecule is Cc1cc(S(=O)(=O)Nc2cccc(-c3cc(C)c(C(=O)N(C)[C@H](CCN(C)C)C(=O)O)c(C)c3)c2)c(C)cc1Cl. The summed E-state index contributed by atoms with van der Waals surface area (Å²) in [5.74, 6) is -1.41. The number of hydrogen-bond donors (Lipinski definition) is 2. The summed E-state index contributed by atoms with van der Waals surface area (Å²) in [5, 5.41) is 10.2. The van der Waals surface area contributed by atoms with Crippen molar-refractivity contribution in [1.82, 2.24) is 9.80 Å². The average molecular weight is 586 g/mol. The van der Waals surface area contributed by atoms with E-state index in [-0.39, 0.29) is 10.8 Å². The van der Waals surface area contributed by atoms with Gasteiger partial charge in [0.2, 0.25) is 0 Å². The molecule has 0 unspecified atom stereocenters. The van der Waals surface area contributed by atoms with E-state index < -0.39 is 22.0 Å². The van der Waals surface area contributed by atoms with Gasteiger partial charge in [0.15, 0.2) is 0 Å². The molecular weight excluding hydrogens is 550 g/mol. The fraction of sp³-hybridized carbons (Fsp3) is 0.333. The average Bonchev–Trinajstić information content (AvgIpc) is 2.85. The zero-order valence-corrected chi connectivity index (χ0v) is 25.4. The molecule has 3 aromatic carbocycles. The molecule has 3 aromatic rings. The minimum Gasteiger partial charge on any atom is -0.480 e. The minimum absolute atomic E-state index is 0.156. The maximum Gasteiger partial charge on any atom is 0.326 e. The van der Waals surface area contributed by atoms with Crippen LogP contribution in [0.1, 0.15) is 39.0 Å². The standard InChI is InChI=1S/C30H36ClN3O5S/c1-18-16-27(19(2)15-25(18)31)40(38,39)32-24-10-8-9-22(17-24)23-13-20(3)28(21(4)14-23)29(35)34(7)26(30(36)37)11-12-33(5)6/h8-10,13-17,26,32H,11-12H2,1-7H3,(H,36,37)/t26-/m1/s1. The Morgan fingerprint density at radius 3 is 2.10 bits per heavy atom. The fourth-order valence-electron chi connectivity index (χ4n) is 4.67. The number of benzene rings is 3. The van der Waals surface area contributed by atoms with Gasteiger partial charge in [0, 0.05) is 29.9 Å². The Bertz CT molecular complexity index is 1530. The van der Waals surface area contributed by atoms with Gasteiger partial charge in [-0.3, -0.25) is 9.52 Å². The molecule has 214 valence electrons. The topological polar surface area (TPSA) is 107 Å². The molecule has 0 aliphatic rings. The highest BCUT2D eigenvalue weighted by Gasteiger charge is 2.29. The van der Waals surface area contributed by atoms with Crippen LogP contribution in [-0.4, -0.2) is 68.9 Å². The van der Waals surface area contributed by atoms with E-state index in [9.17, 15) is 23.1 Å². The fourth-order valence-corrected chi connectivity index (χ4v) is 6.25. The zero-order valence-electron chi connectivity index (χ0n) is 23.9. The van der Waals surface area contributed by atoms with Crippen molar-refractivity contribution < 1.29 is 23.1 Å². The minimum atomic E-state index is -3.86. The van der Waals surface area contributed by atoms with Crippen LogP contribution in [0.25, 0.3) is 11.1 Å². The van der Waals surface area contributed by atoms with E-state index in [4.69, 9.17) is 11.6 Å². The molecule has 0 fully saturated rings. The van der Waals surface area contributed by atoms with Crippen molar-refractivity contribution in [3.63, 3.8) is 0 Å². The predicted molar refractivity (Wildman–Crippen MR) is 160 cm³/mol. The first kappa shape index (κ1) is 31.1. The second kappa shape index (κ2) is 12.4. The number of nitrogens with one attached hydrogen (secondary N) is 1. The van der Waals surface area contributed by atoms with Crippen LogP contribution < -0.4 is 4.72 Å². The molecule has 0 radical (unpaired) electrons. The molecule has 0 saturated carbocycles. The molecule has 1 atom stereocenters. The van der Waals surface area contributed by atoms with Gasteiger partial charge in [-0.05, 0) is 106 Å². The number of halogens is 1. The van der Waals surface area contributed by atoms with Gasteiger partial charge in [-0.15, -0.1) is 0 Å². The molecule has 8 nitrogen and oxygen atoms in total. The van der Waals surface area contributed by atoms with Crippen LogP contribution in [0.4, 0.5) is 5.69 Å². The third-order valence-electron chi connectivity index (χ3n) is 6.86. The number of sulfonamides is 1. The number of carboxylic acids is 1. The van der Waals surface area contributed by atoms with Crippen molar-refractivity contribution in [2.45, 2.75) is 45.1 Å². The number of carbonyl (C=O) groups is 2. The lowest BCUT2D eigenvalue weighted by molar-refractivity contribution is -0.142. The van der Waals surface area contributed by atoms with Crippen molar-refractivity contribution in [3.05, 3.63) is 81.4 Å². The summed E-state index contributed by atoms with van der Waals surface area (Å²) < 4.78 is 29.0. The number of aliphatic carboxylic acids is 1. The van der Waals surface area contributed by atoms with Crippen molar-refractivity contribution in [1.29, 1.82) is 0 Å². The second-order valence-corrected chi connectivity index (χ2v) is 12.5. The number of amides is 1. The van der Waals surface area contributed by atoms with Crippen LogP contribution in [0.5, 0.6) is 0 Å². The molecule has 0 saturated heterocycles. The van der Waals surface area contributed by atoms with Crippen molar-refractivity contribution in [2.24, 2.45) is 0 Å². The smallest absolute Gasteiger partial charge is 0.326 e. The van der Waals surface area contributed by atoms with Gasteiger partial charge in [0.1, 0.15) is 6.04 Å². The lowest BCUT2D eigenvalue weighted by Crippen LogP contribution is -2.44. The summed E-state index contributed by atoms with van der Waals surface area (Å²) in [6.07, 6.45) is 0.304. The molecule has 0 bridgehead atoms. The molecule has 0 heterocycles. The van der Waals surface area contributed by atoms with E-state index in [1.54, 1.807) is 44.2 Å². The molecule has 40 heavy (non-hydrogen) atoms. The summed E-state index contributed by atoms with van der Waals surface area (Å²) in [5.41, 5.74) is 5.01. The van der Waals surface area contributed by atoms with Gasteiger partial charge in [-0.25, -0.2) is 13.2 Å². The number of carboxylic acid groups (broad SMARTS) is 1. The number of carbonyl (C=O) groups excluding carboxylic acids is 1. The van der Waals surface area contributed by atoms with Crippen LogP contribution in [0.15, 0.2) is 53.4 Å². The Hall–Kier alpha value is -3.40. The van der Waals surface area contributed by atoms with Crippen LogP contribution in [-0.2, 0) is 14.8 Å². The first-order valence-electron chi connectivity index (χ1n) is 12.8. The van der Waals surface area contributed by atoms with Crippen LogP contribution >= 0.6 is 11.6 Å². The van der Waals surface area contributed by atoms with Crippen molar-refractivity contribution >= 4 is 39.2 Å². The highest BCUT2D eigenvalue weighted by atomic mass is 35.5. The Morgan fingerprint density at radius 2 is 1.52 bits per heavy atom. The second-order valence-electron chi connectivity index (χ2n) is 10.4. The summed E-state index contributed by atoms with van der Waals surface area (Å²) in [7, 11) is 1.36. The van der Waals surface area contributed by atoms with E-state index in [2.05, 4.69) is 4.72 Å². The van der Waals surface area contributed by atoms with E-state index in [1.165, 1.54) is 11.9 Å². The van der Waals surface area contributed by atoms with Crippen LogP contribution in [0, 0.1) is 27.7 Å². The summed E-state index contributed by atoms with van der Waals surface area (Å²) in [4.78, 5) is 28.6. The Labute approximate surface area is 241 Å². The number of hydrogen-bond acceptors (Lipinski definition) is 5. The predicted octanol–water partition coefficient (Wildman–Crippen LogP) is 5.52. The number of rotatable bonds is 10. The Balaban J connectivity index is 1.91. The molecule has 10 heteroatoms. The molecule has 0 aromatic heterocycles. The van der Waals surface area contributed by atoms with Crippen LogP contribution in [0.2, 0.25) is 5.02 Å². The monoisotopic (exact) mass is 585 g/mol. The molecule has 0 aliphatic carbocycles. The van der Waals surface area contributed by atoms with Crippen LogP contribution in [0.3, 0.4) is 0 Å². The van der Waals surface area contributed by atoms with Gasteiger partial charge in [0.05, 0.1) is 4.90 Å². The first-order valence-corrected chi connectivity index (χ1v) is 14.6. The molecule has 0 aliphatic heterocycles. The van der Waals surface area contributed by atoms with Crippen molar-refractivity contribution in [2.75, 3.05) is 32.4 Å². The highest BCUT2D eigenvalue weighted by Crippen LogP contribution is 2.30. The Kier molecular flexibility index (Phi) is 9.66. The van der Waals surface area contributed by atoms with Gasteiger partial charge in [0.25, 0.3) is 15.9 Å². The highest BCUT2D eigenvalue weighted by molar-refractivity contribution is 7.92. The largest absolute Gasteiger partial charge is 0.480 e. The normalized spacial score (nSPS) is 12.3. The third kappa shape index (κ3) is 7.02. The Morgan fingerprint density at radius 1 is 0.900 bits per heavy atom. The van der Waals surface area contributed by atoms with Gasteiger partial charge in [-0.2, -0.15) is 0 Å². The molecular formula is C30H36ClN3O5S. The van der Waals surface area contributed by atoms with Gasteiger partial charge >= 0.3 is 5.97 Å². The lowest BCUT2D eigenvalue weighted by Gasteiger charge is -2.27. The first-order chi connectivity index (χ1) is 18.6. The molecule has 0 spiro atoms. The quantitative estimate of drug-likeness (QED) is 0.324. The number of likely N-dealkylation sites (N-methyl/N-ethyl adjacent to an activating group) is 1. The maximum absolute atomic E-state index is 13.4. The van der Waals surface area contributed by atoms with Gasteiger partial charge < -0.3 is 14.9 Å². The molecule has 2 N–H and O–H groups in total. The molecule has 3 rings (SSSR count). The van der Waals surface area contributed by atoms with E-state index in [0.29, 0.717) is 51.5 Å². The molecule has 1 amide bonds. The summed E-state index contributed by atoms with van der Waals surface area (Å²) in [6.45, 7) is 7.60. The number of nitrogens with zero attached hydrogens (tertiary/aromatic N) is 2. The van der Waals surface area contributed by atoms with E-state index >= 15 is 0 Å². The van der Waals surface area contributed by atoms with Crippen molar-refractivity contribution in [3.8, 4) is 11.1 Å². The summed E-state index contributed by atoms with van der Waals surface area (Å²) >= 11 is 6.15. The van der Waals surface area contributed by atoms with Gasteiger partial charge in [-0.1, -0.05) is 35.9 Å². The number of anilines is 1. The van der Waals surface area contributed by atoms with E-state index in [1.807, 2.05) is 51.0 Å². The lowest BCUT2D eigenvalue weighted by atomic mass is 9.94.